The third-order valence-electron chi connectivity index (χ3n) is 1.62. The fourth-order valence-corrected chi connectivity index (χ4v) is 1.15. The van der Waals surface area contributed by atoms with Crippen LogP contribution in [-0.2, 0) is 0 Å². The summed E-state index contributed by atoms with van der Waals surface area (Å²) in [5.41, 5.74) is 0. The van der Waals surface area contributed by atoms with Crippen molar-refractivity contribution < 1.29 is 10.0 Å². The van der Waals surface area contributed by atoms with E-state index in [9.17, 15) is 15.2 Å². The topological polar surface area (TPSA) is 63.4 Å². The molecule has 0 aliphatic rings. The van der Waals surface area contributed by atoms with Gasteiger partial charge in [-0.15, -0.1) is 0 Å². The Kier molecular flexibility index (Phi) is 6.28. The summed E-state index contributed by atoms with van der Waals surface area (Å²) in [6.45, 7) is 2.05. The predicted octanol–water partition coefficient (Wildman–Crippen LogP) is 1.93. The Morgan fingerprint density at radius 1 is 1.58 bits per heavy atom. The number of unbranched alkanes of at least 4 members (excludes halogenated alkanes) is 2. The lowest BCUT2D eigenvalue weighted by atomic mass is 10.1. The summed E-state index contributed by atoms with van der Waals surface area (Å²) in [6, 6.07) is 0. The predicted molar refractivity (Wildman–Crippen MR) is 49.9 cm³/mol. The SMILES string of the molecule is CCCCCC(O)C(Br)[N+](=O)[O-]. The molecule has 12 heavy (non-hydrogen) atoms. The fraction of sp³-hybridized carbons (Fsp3) is 1.00. The van der Waals surface area contributed by atoms with Gasteiger partial charge in [0, 0.05) is 4.92 Å². The molecule has 0 saturated carbocycles. The number of halogens is 1. The Morgan fingerprint density at radius 2 is 2.17 bits per heavy atom. The van der Waals surface area contributed by atoms with E-state index in [1.54, 1.807) is 0 Å². The summed E-state index contributed by atoms with van der Waals surface area (Å²) in [5.74, 6) is 0. The zero-order valence-electron chi connectivity index (χ0n) is 7.07. The molecule has 0 radical (unpaired) electrons. The minimum atomic E-state index is -1.02. The maximum atomic E-state index is 10.2. The molecule has 2 unspecified atom stereocenters. The first-order chi connectivity index (χ1) is 5.59. The molecule has 0 aromatic rings. The quantitative estimate of drug-likeness (QED) is 0.253. The minimum Gasteiger partial charge on any atom is -0.385 e. The molecule has 0 spiro atoms. The fourth-order valence-electron chi connectivity index (χ4n) is 0.882. The second-order valence-electron chi connectivity index (χ2n) is 2.72. The van der Waals surface area contributed by atoms with Crippen LogP contribution in [0.15, 0.2) is 0 Å². The molecule has 72 valence electrons. The van der Waals surface area contributed by atoms with Crippen molar-refractivity contribution in [2.24, 2.45) is 0 Å². The Bertz CT molecular complexity index is 143. The number of nitro groups is 1. The van der Waals surface area contributed by atoms with Gasteiger partial charge in [0.2, 0.25) is 0 Å². The lowest BCUT2D eigenvalue weighted by Gasteiger charge is -2.09. The van der Waals surface area contributed by atoms with Crippen LogP contribution in [0.3, 0.4) is 0 Å². The molecule has 0 aromatic carbocycles. The molecule has 0 rings (SSSR count). The van der Waals surface area contributed by atoms with Crippen LogP contribution in [0.1, 0.15) is 32.6 Å². The minimum absolute atomic E-state index is 0.491. The van der Waals surface area contributed by atoms with Crippen LogP contribution < -0.4 is 0 Å². The van der Waals surface area contributed by atoms with Crippen molar-refractivity contribution in [1.82, 2.24) is 0 Å². The zero-order chi connectivity index (χ0) is 9.56. The summed E-state index contributed by atoms with van der Waals surface area (Å²) in [7, 11) is 0. The number of aliphatic hydroxyl groups is 1. The summed E-state index contributed by atoms with van der Waals surface area (Å²) in [6.07, 6.45) is 2.52. The van der Waals surface area contributed by atoms with Crippen molar-refractivity contribution in [3.8, 4) is 0 Å². The molecule has 0 amide bonds. The van der Waals surface area contributed by atoms with Gasteiger partial charge in [0.25, 0.3) is 4.95 Å². The van der Waals surface area contributed by atoms with E-state index in [1.807, 2.05) is 6.92 Å². The van der Waals surface area contributed by atoms with Gasteiger partial charge in [-0.1, -0.05) is 26.2 Å². The van der Waals surface area contributed by atoms with Crippen LogP contribution in [0.4, 0.5) is 0 Å². The normalized spacial score (nSPS) is 15.6. The lowest BCUT2D eigenvalue weighted by Crippen LogP contribution is -2.27. The van der Waals surface area contributed by atoms with Gasteiger partial charge in [-0.2, -0.15) is 0 Å². The van der Waals surface area contributed by atoms with E-state index >= 15 is 0 Å². The monoisotopic (exact) mass is 239 g/mol. The molecule has 4 nitrogen and oxygen atoms in total. The molecular formula is C7H14BrNO3. The zero-order valence-corrected chi connectivity index (χ0v) is 8.66. The first kappa shape index (κ1) is 11.8. The molecular weight excluding hydrogens is 226 g/mol. The summed E-state index contributed by atoms with van der Waals surface area (Å²) in [4.78, 5) is 8.64. The van der Waals surface area contributed by atoms with E-state index in [0.717, 1.165) is 19.3 Å². The molecule has 5 heteroatoms. The smallest absolute Gasteiger partial charge is 0.291 e. The van der Waals surface area contributed by atoms with Crippen LogP contribution in [-0.4, -0.2) is 21.1 Å². The standard InChI is InChI=1S/C7H14BrNO3/c1-2-3-4-5-6(10)7(8)9(11)12/h6-7,10H,2-5H2,1H3. The van der Waals surface area contributed by atoms with Gasteiger partial charge < -0.3 is 5.11 Å². The van der Waals surface area contributed by atoms with Crippen molar-refractivity contribution in [2.45, 2.75) is 43.7 Å². The van der Waals surface area contributed by atoms with Gasteiger partial charge in [0.15, 0.2) is 0 Å². The van der Waals surface area contributed by atoms with Gasteiger partial charge >= 0.3 is 0 Å². The molecule has 2 atom stereocenters. The number of alkyl halides is 1. The highest BCUT2D eigenvalue weighted by molar-refractivity contribution is 9.09. The first-order valence-corrected chi connectivity index (χ1v) is 4.96. The summed E-state index contributed by atoms with van der Waals surface area (Å²) in [5, 5.41) is 19.4. The van der Waals surface area contributed by atoms with Gasteiger partial charge in [-0.3, -0.25) is 10.1 Å². The van der Waals surface area contributed by atoms with Crippen LogP contribution in [0, 0.1) is 10.1 Å². The highest BCUT2D eigenvalue weighted by atomic mass is 79.9. The Hall–Kier alpha value is -0.160. The van der Waals surface area contributed by atoms with E-state index in [-0.39, 0.29) is 0 Å². The number of aliphatic hydroxyl groups excluding tert-OH is 1. The summed E-state index contributed by atoms with van der Waals surface area (Å²) >= 11 is 2.81. The largest absolute Gasteiger partial charge is 0.385 e. The molecule has 0 aromatic heterocycles. The molecule has 0 heterocycles. The van der Waals surface area contributed by atoms with Crippen molar-refractivity contribution in [1.29, 1.82) is 0 Å². The van der Waals surface area contributed by atoms with E-state index in [2.05, 4.69) is 15.9 Å². The van der Waals surface area contributed by atoms with Crippen LogP contribution in [0.25, 0.3) is 0 Å². The third kappa shape index (κ3) is 4.66. The first-order valence-electron chi connectivity index (χ1n) is 4.05. The average Bonchev–Trinajstić information content (AvgIpc) is 2.03. The molecule has 1 N–H and O–H groups in total. The van der Waals surface area contributed by atoms with Crippen LogP contribution in [0.2, 0.25) is 0 Å². The van der Waals surface area contributed by atoms with Crippen LogP contribution >= 0.6 is 15.9 Å². The summed E-state index contributed by atoms with van der Waals surface area (Å²) < 4.78 is 0. The van der Waals surface area contributed by atoms with Gasteiger partial charge in [0.05, 0.1) is 0 Å². The maximum absolute atomic E-state index is 10.2. The average molecular weight is 240 g/mol. The highest BCUT2D eigenvalue weighted by Crippen LogP contribution is 2.13. The van der Waals surface area contributed by atoms with Crippen LogP contribution in [0.5, 0.6) is 0 Å². The second kappa shape index (κ2) is 6.37. The maximum Gasteiger partial charge on any atom is 0.291 e. The molecule has 0 bridgehead atoms. The van der Waals surface area contributed by atoms with E-state index < -0.39 is 16.0 Å². The highest BCUT2D eigenvalue weighted by Gasteiger charge is 2.25. The number of nitrogens with zero attached hydrogens (tertiary/aromatic N) is 1. The van der Waals surface area contributed by atoms with E-state index in [0.29, 0.717) is 6.42 Å². The molecule has 0 saturated heterocycles. The second-order valence-corrected chi connectivity index (χ2v) is 3.66. The van der Waals surface area contributed by atoms with Gasteiger partial charge in [-0.25, -0.2) is 0 Å². The Balaban J connectivity index is 3.56. The molecule has 0 fully saturated rings. The third-order valence-corrected chi connectivity index (χ3v) is 2.57. The molecule has 0 aliphatic carbocycles. The van der Waals surface area contributed by atoms with Crippen molar-refractivity contribution in [3.05, 3.63) is 10.1 Å². The number of hydrogen-bond acceptors (Lipinski definition) is 3. The van der Waals surface area contributed by atoms with Crippen molar-refractivity contribution in [2.75, 3.05) is 0 Å². The van der Waals surface area contributed by atoms with Crippen molar-refractivity contribution in [3.63, 3.8) is 0 Å². The van der Waals surface area contributed by atoms with E-state index in [4.69, 9.17) is 0 Å². The van der Waals surface area contributed by atoms with Gasteiger partial charge in [-0.05, 0) is 22.4 Å². The lowest BCUT2D eigenvalue weighted by molar-refractivity contribution is -0.504. The number of rotatable bonds is 6. The van der Waals surface area contributed by atoms with E-state index in [1.165, 1.54) is 0 Å². The van der Waals surface area contributed by atoms with Crippen molar-refractivity contribution >= 4 is 15.9 Å². The van der Waals surface area contributed by atoms with Gasteiger partial charge in [0.1, 0.15) is 6.10 Å². The Morgan fingerprint density at radius 3 is 2.58 bits per heavy atom. The molecule has 0 aliphatic heterocycles. The number of hydrogen-bond donors (Lipinski definition) is 1. The Labute approximate surface area is 80.2 Å².